The third-order valence-corrected chi connectivity index (χ3v) is 22.6. The number of hydrogen-bond acceptors (Lipinski definition) is 24. The van der Waals surface area contributed by atoms with Gasteiger partial charge in [-0.15, -0.1) is 20.3 Å². The minimum absolute atomic E-state index is 0.0338. The van der Waals surface area contributed by atoms with Gasteiger partial charge in [-0.05, 0) is 156 Å². The van der Waals surface area contributed by atoms with Gasteiger partial charge in [0, 0.05) is 86.8 Å². The number of fused-ring (bicyclic) bond motifs is 7. The number of aliphatic hydroxyl groups excluding tert-OH is 4. The molecule has 0 spiro atoms. The van der Waals surface area contributed by atoms with Crippen molar-refractivity contribution < 1.29 is 108 Å². The van der Waals surface area contributed by atoms with E-state index >= 15 is 0 Å². The molecule has 3 amide bonds. The SMILES string of the molecule is COc1cc2c(cc1OCc1cc(COc3cc4c(cc3OC)C(=O)N3Cc5ccccc5C[C@H]3C=N4)cc(C[N+](C)(C)Cc3ccc(OS(=O)(=O)Oc4cc(C(=O)NCCOCCOCCOCCCC(=O)OCC5[C@H]6CCC#CCC[C@@H]56)ccc4OC4O[C@H](CO)[C@H](O)[C@H](O)[C@H]4O)cc3)c1)N=C[C@@H]1Cc3ccccc3CN1C2=O. The molecule has 0 bridgehead atoms. The molecule has 10 atom stereocenters. The monoisotopic (exact) mass is 1610 g/mol. The largest absolute Gasteiger partial charge is 0.501 e. The highest BCUT2D eigenvalue weighted by Gasteiger charge is 2.50. The highest BCUT2D eigenvalue weighted by Crippen LogP contribution is 2.52. The maximum Gasteiger partial charge on any atom is 0.501 e. The third-order valence-electron chi connectivity index (χ3n) is 21.8. The fourth-order valence-corrected chi connectivity index (χ4v) is 16.6. The number of aliphatic imine (C=N–C) groups is 2. The zero-order valence-corrected chi connectivity index (χ0v) is 66.0. The molecule has 1 saturated carbocycles. The maximum absolute atomic E-state index is 14.3. The number of benzene rings is 7. The van der Waals surface area contributed by atoms with E-state index in [-0.39, 0.29) is 87.2 Å². The first-order chi connectivity index (χ1) is 56.2. The lowest BCUT2D eigenvalue weighted by Gasteiger charge is -2.39. The minimum Gasteiger partial charge on any atom is -0.493 e. The van der Waals surface area contributed by atoms with Crippen LogP contribution in [0.15, 0.2) is 143 Å². The first-order valence-electron chi connectivity index (χ1n) is 39.1. The summed E-state index contributed by atoms with van der Waals surface area (Å²) in [6.07, 6.45) is 1.10. The smallest absolute Gasteiger partial charge is 0.493 e. The van der Waals surface area contributed by atoms with Gasteiger partial charge in [0.25, 0.3) is 17.7 Å². The van der Waals surface area contributed by atoms with E-state index in [9.17, 15) is 48.0 Å². The Bertz CT molecular complexity index is 4790. The Morgan fingerprint density at radius 1 is 0.595 bits per heavy atom. The number of carbonyl (C=O) groups excluding carboxylic acids is 4. The number of amides is 3. The highest BCUT2D eigenvalue weighted by molar-refractivity contribution is 7.82. The van der Waals surface area contributed by atoms with Crippen LogP contribution in [0.2, 0.25) is 0 Å². The number of nitrogens with one attached hydrogen (secondary N) is 1. The van der Waals surface area contributed by atoms with Gasteiger partial charge in [-0.1, -0.05) is 48.5 Å². The standard InChI is InChI=1S/C87H96N6O22S/c1-93(2,48-54-21-24-65(25-22-54)114-116(102,103)115-78-39-60(23-26-73(78)112-87-83(98)82(97)81(96)79(50-94)113-87)84(99)88-27-29-107-31-33-108-32-30-106-28-13-20-80(95)111-53-70-66-18-7-5-6-8-19-67(66)70)49-55-34-56(51-109-76-42-71-68(40-74(76)104-3)85(100)91-46-61-16-11-9-14-58(61)37-63(91)44-89-71)36-57(35-55)52-110-77-43-72-69(41-75(77)105-4)86(101)92-47-62-17-12-10-15-59(62)38-64(92)45-90-72/h9-12,14-17,21-26,34-36,39-45,63-64,66-67,70,79,81-83,87,94,96-98H,7-8,13,18-20,27-33,37-38,46-53H2,1-4H3/p+1/t63-,64-,66-,67+,70?,79+,81-,82-,83+,87?/m0/s1. The first-order valence-corrected chi connectivity index (χ1v) is 40.4. The van der Waals surface area contributed by atoms with E-state index in [0.29, 0.717) is 140 Å². The number of rotatable bonds is 35. The molecule has 7 aliphatic rings. The zero-order chi connectivity index (χ0) is 81.0. The molecule has 2 fully saturated rings. The molecule has 2 aliphatic carbocycles. The molecule has 7 aromatic rings. The van der Waals surface area contributed by atoms with Gasteiger partial charge in [0.15, 0.2) is 34.5 Å². The molecule has 28 nitrogen and oxygen atoms in total. The van der Waals surface area contributed by atoms with Crippen LogP contribution in [0.3, 0.4) is 0 Å². The van der Waals surface area contributed by atoms with Gasteiger partial charge in [0.05, 0.1) is 109 Å². The zero-order valence-electron chi connectivity index (χ0n) is 65.2. The Hall–Kier alpha value is -10.5. The van der Waals surface area contributed by atoms with Crippen LogP contribution in [0.25, 0.3) is 0 Å². The van der Waals surface area contributed by atoms with Crippen molar-refractivity contribution in [2.75, 3.05) is 87.7 Å². The van der Waals surface area contributed by atoms with E-state index in [4.69, 9.17) is 65.7 Å². The fraction of sp³-hybridized carbons (Fsp3) is 0.425. The number of methoxy groups -OCH3 is 2. The molecule has 5 N–H and O–H groups in total. The average molecular weight is 1610 g/mol. The summed E-state index contributed by atoms with van der Waals surface area (Å²) in [5, 5.41) is 44.5. The second-order valence-electron chi connectivity index (χ2n) is 30.5. The summed E-state index contributed by atoms with van der Waals surface area (Å²) < 4.78 is 98.1. The van der Waals surface area contributed by atoms with Crippen LogP contribution in [-0.2, 0) is 91.1 Å². The van der Waals surface area contributed by atoms with Crippen LogP contribution in [0.1, 0.15) is 114 Å². The molecular formula is C87H97N6O22S+. The second-order valence-corrected chi connectivity index (χ2v) is 31.7. The molecule has 5 heterocycles. The lowest BCUT2D eigenvalue weighted by molar-refractivity contribution is -0.916. The Balaban J connectivity index is 0.611. The summed E-state index contributed by atoms with van der Waals surface area (Å²) in [5.74, 6) is 7.20. The van der Waals surface area contributed by atoms with Crippen molar-refractivity contribution in [3.05, 3.63) is 195 Å². The van der Waals surface area contributed by atoms with Crippen molar-refractivity contribution in [3.63, 3.8) is 0 Å². The molecule has 612 valence electrons. The van der Waals surface area contributed by atoms with Crippen molar-refractivity contribution in [2.24, 2.45) is 27.7 Å². The summed E-state index contributed by atoms with van der Waals surface area (Å²) in [6, 6.07) is 38.4. The molecule has 7 aromatic carbocycles. The second kappa shape index (κ2) is 37.2. The van der Waals surface area contributed by atoms with Gasteiger partial charge in [-0.3, -0.25) is 29.2 Å². The number of carbonyl (C=O) groups is 4. The molecule has 1 saturated heterocycles. The highest BCUT2D eigenvalue weighted by atomic mass is 32.3. The van der Waals surface area contributed by atoms with Crippen molar-refractivity contribution in [3.8, 4) is 52.1 Å². The number of aliphatic hydroxyl groups is 4. The minimum atomic E-state index is -5.07. The molecule has 14 rings (SSSR count). The van der Waals surface area contributed by atoms with Gasteiger partial charge in [0.2, 0.25) is 6.29 Å². The van der Waals surface area contributed by atoms with Crippen LogP contribution in [0.5, 0.6) is 40.2 Å². The van der Waals surface area contributed by atoms with Crippen molar-refractivity contribution >= 4 is 57.9 Å². The topological polar surface area (TPSA) is 337 Å². The number of hydrogen-bond donors (Lipinski definition) is 5. The lowest BCUT2D eigenvalue weighted by Crippen LogP contribution is -2.60. The van der Waals surface area contributed by atoms with Gasteiger partial charge in [0.1, 0.15) is 56.5 Å². The van der Waals surface area contributed by atoms with E-state index in [2.05, 4.69) is 29.3 Å². The molecule has 0 radical (unpaired) electrons. The normalized spacial score (nSPS) is 21.7. The predicted octanol–water partition coefficient (Wildman–Crippen LogP) is 8.63. The average Bonchev–Trinajstić information content (AvgIpc) is 1.58. The summed E-state index contributed by atoms with van der Waals surface area (Å²) in [7, 11) is 2.05. The van der Waals surface area contributed by atoms with Gasteiger partial charge in [-0.25, -0.2) is 0 Å². The number of quaternary nitrogens is 1. The number of ether oxygens (including phenoxy) is 10. The summed E-state index contributed by atoms with van der Waals surface area (Å²) in [6.45, 7) is 3.15. The molecular weight excluding hydrogens is 1510 g/mol. The Morgan fingerprint density at radius 3 is 1.71 bits per heavy atom. The van der Waals surface area contributed by atoms with Gasteiger partial charge < -0.3 is 95.8 Å². The first kappa shape index (κ1) is 82.1. The van der Waals surface area contributed by atoms with Crippen LogP contribution in [0.4, 0.5) is 11.4 Å². The van der Waals surface area contributed by atoms with E-state index in [0.717, 1.165) is 65.1 Å². The molecule has 29 heteroatoms. The summed E-state index contributed by atoms with van der Waals surface area (Å²) in [4.78, 5) is 67.9. The van der Waals surface area contributed by atoms with Crippen LogP contribution >= 0.6 is 0 Å². The maximum atomic E-state index is 14.3. The van der Waals surface area contributed by atoms with Crippen molar-refractivity contribution in [2.45, 2.75) is 134 Å². The van der Waals surface area contributed by atoms with Crippen molar-refractivity contribution in [1.29, 1.82) is 0 Å². The van der Waals surface area contributed by atoms with E-state index in [1.165, 1.54) is 49.6 Å². The molecule has 0 aromatic heterocycles. The van der Waals surface area contributed by atoms with Crippen LogP contribution in [-0.4, -0.2) is 210 Å². The van der Waals surface area contributed by atoms with E-state index in [1.807, 2.05) is 90.9 Å². The summed E-state index contributed by atoms with van der Waals surface area (Å²) >= 11 is 0. The predicted molar refractivity (Wildman–Crippen MR) is 424 cm³/mol. The quantitative estimate of drug-likeness (QED) is 0.0107. The molecule has 116 heavy (non-hydrogen) atoms. The Kier molecular flexibility index (Phi) is 26.3. The van der Waals surface area contributed by atoms with E-state index < -0.39 is 65.1 Å². The van der Waals surface area contributed by atoms with Crippen LogP contribution < -0.4 is 37.4 Å². The Morgan fingerprint density at radius 2 is 1.14 bits per heavy atom. The summed E-state index contributed by atoms with van der Waals surface area (Å²) in [5.41, 5.74) is 9.35. The van der Waals surface area contributed by atoms with Crippen molar-refractivity contribution in [1.82, 2.24) is 15.1 Å². The number of esters is 1. The molecule has 2 unspecified atom stereocenters. The number of nitrogens with zero attached hydrogens (tertiary/aromatic N) is 5. The lowest BCUT2D eigenvalue weighted by atomic mass is 9.94. The Labute approximate surface area is 673 Å². The fourth-order valence-electron chi connectivity index (χ4n) is 15.9. The molecule has 5 aliphatic heterocycles. The van der Waals surface area contributed by atoms with Gasteiger partial charge in [-0.2, -0.15) is 0 Å². The van der Waals surface area contributed by atoms with E-state index in [1.54, 1.807) is 36.4 Å². The van der Waals surface area contributed by atoms with Crippen LogP contribution in [0, 0.1) is 29.6 Å². The van der Waals surface area contributed by atoms with Gasteiger partial charge >= 0.3 is 16.4 Å². The third kappa shape index (κ3) is 20.1.